The first kappa shape index (κ1) is 17.9. The van der Waals surface area contributed by atoms with Crippen molar-refractivity contribution in [1.29, 1.82) is 0 Å². The predicted octanol–water partition coefficient (Wildman–Crippen LogP) is 2.56. The van der Waals surface area contributed by atoms with Gasteiger partial charge >= 0.3 is 0 Å². The molecule has 0 saturated carbocycles. The molecule has 3 rings (SSSR count). The second-order valence-electron chi connectivity index (χ2n) is 6.25. The third-order valence-electron chi connectivity index (χ3n) is 4.46. The Kier molecular flexibility index (Phi) is 6.14. The number of amides is 2. The van der Waals surface area contributed by atoms with Gasteiger partial charge in [0.2, 0.25) is 5.91 Å². The zero-order valence-corrected chi connectivity index (χ0v) is 14.8. The van der Waals surface area contributed by atoms with Crippen molar-refractivity contribution in [3.63, 3.8) is 0 Å². The number of nitrogens with zero attached hydrogens (tertiary/aromatic N) is 3. The maximum atomic E-state index is 12.4. The molecule has 26 heavy (non-hydrogen) atoms. The summed E-state index contributed by atoms with van der Waals surface area (Å²) in [7, 11) is 0. The molecule has 5 heteroatoms. The Labute approximate surface area is 154 Å². The Morgan fingerprint density at radius 1 is 0.885 bits per heavy atom. The minimum Gasteiger partial charge on any atom is -0.339 e. The molecular weight excluding hydrogens is 326 g/mol. The molecule has 1 aromatic heterocycles. The predicted molar refractivity (Wildman–Crippen MR) is 101 cm³/mol. The van der Waals surface area contributed by atoms with Gasteiger partial charge in [0.15, 0.2) is 0 Å². The van der Waals surface area contributed by atoms with Crippen LogP contribution in [-0.4, -0.2) is 52.8 Å². The topological polar surface area (TPSA) is 53.5 Å². The smallest absolute Gasteiger partial charge is 0.272 e. The van der Waals surface area contributed by atoms with E-state index in [0.717, 1.165) is 6.42 Å². The van der Waals surface area contributed by atoms with E-state index in [1.165, 1.54) is 5.56 Å². The highest BCUT2D eigenvalue weighted by Crippen LogP contribution is 2.09. The molecule has 0 radical (unpaired) electrons. The first-order valence-corrected chi connectivity index (χ1v) is 8.91. The number of piperazine rings is 1. The lowest BCUT2D eigenvalue weighted by molar-refractivity contribution is -0.131. The molecule has 1 aliphatic rings. The van der Waals surface area contributed by atoms with Gasteiger partial charge in [0.1, 0.15) is 5.69 Å². The van der Waals surface area contributed by atoms with Crippen molar-refractivity contribution >= 4 is 11.8 Å². The fourth-order valence-corrected chi connectivity index (χ4v) is 2.96. The number of aromatic nitrogens is 1. The van der Waals surface area contributed by atoms with Crippen LogP contribution in [0.3, 0.4) is 0 Å². The van der Waals surface area contributed by atoms with Gasteiger partial charge in [0.25, 0.3) is 5.91 Å². The van der Waals surface area contributed by atoms with Crippen molar-refractivity contribution in [3.8, 4) is 0 Å². The quantitative estimate of drug-likeness (QED) is 0.780. The van der Waals surface area contributed by atoms with E-state index >= 15 is 0 Å². The molecule has 2 aromatic rings. The van der Waals surface area contributed by atoms with Crippen LogP contribution in [-0.2, 0) is 11.2 Å². The van der Waals surface area contributed by atoms with E-state index in [4.69, 9.17) is 0 Å². The molecular formula is C21H23N3O2. The average molecular weight is 349 g/mol. The highest BCUT2D eigenvalue weighted by Gasteiger charge is 2.24. The van der Waals surface area contributed by atoms with Crippen LogP contribution < -0.4 is 0 Å². The molecule has 1 aromatic carbocycles. The molecule has 0 N–H and O–H groups in total. The molecule has 2 amide bonds. The Balaban J connectivity index is 1.43. The van der Waals surface area contributed by atoms with Crippen LogP contribution in [0.25, 0.3) is 0 Å². The van der Waals surface area contributed by atoms with Crippen LogP contribution >= 0.6 is 0 Å². The van der Waals surface area contributed by atoms with Gasteiger partial charge in [-0.15, -0.1) is 0 Å². The third-order valence-corrected chi connectivity index (χ3v) is 4.46. The zero-order valence-electron chi connectivity index (χ0n) is 14.8. The second kappa shape index (κ2) is 8.94. The Bertz CT molecular complexity index is 751. The van der Waals surface area contributed by atoms with E-state index in [0.29, 0.717) is 38.3 Å². The Morgan fingerprint density at radius 3 is 2.27 bits per heavy atom. The lowest BCUT2D eigenvalue weighted by Crippen LogP contribution is -2.50. The van der Waals surface area contributed by atoms with Crippen LogP contribution in [0.1, 0.15) is 22.5 Å². The number of hydrogen-bond donors (Lipinski definition) is 0. The second-order valence-corrected chi connectivity index (χ2v) is 6.25. The van der Waals surface area contributed by atoms with Crippen LogP contribution in [0.15, 0.2) is 66.9 Å². The van der Waals surface area contributed by atoms with Crippen LogP contribution in [0, 0.1) is 0 Å². The zero-order chi connectivity index (χ0) is 18.2. The Morgan fingerprint density at radius 2 is 1.58 bits per heavy atom. The van der Waals surface area contributed by atoms with Crippen molar-refractivity contribution in [2.24, 2.45) is 0 Å². The van der Waals surface area contributed by atoms with E-state index in [2.05, 4.69) is 17.1 Å². The lowest BCUT2D eigenvalue weighted by atomic mass is 10.1. The van der Waals surface area contributed by atoms with Gasteiger partial charge in [-0.25, -0.2) is 0 Å². The largest absolute Gasteiger partial charge is 0.339 e. The third kappa shape index (κ3) is 4.79. The first-order chi connectivity index (χ1) is 12.7. The van der Waals surface area contributed by atoms with E-state index in [-0.39, 0.29) is 11.8 Å². The van der Waals surface area contributed by atoms with Crippen molar-refractivity contribution in [2.45, 2.75) is 12.8 Å². The molecule has 0 aliphatic carbocycles. The van der Waals surface area contributed by atoms with Crippen LogP contribution in [0.2, 0.25) is 0 Å². The number of carbonyl (C=O) groups excluding carboxylic acids is 2. The summed E-state index contributed by atoms with van der Waals surface area (Å²) in [6.45, 7) is 2.25. The molecule has 1 aliphatic heterocycles. The number of pyridine rings is 1. The normalized spacial score (nSPS) is 14.6. The van der Waals surface area contributed by atoms with E-state index in [1.54, 1.807) is 23.2 Å². The molecule has 0 spiro atoms. The van der Waals surface area contributed by atoms with Crippen molar-refractivity contribution < 1.29 is 9.59 Å². The van der Waals surface area contributed by atoms with Crippen molar-refractivity contribution in [3.05, 3.63) is 78.1 Å². The summed E-state index contributed by atoms with van der Waals surface area (Å²) >= 11 is 0. The van der Waals surface area contributed by atoms with Crippen LogP contribution in [0.5, 0.6) is 0 Å². The monoisotopic (exact) mass is 349 g/mol. The fraction of sp³-hybridized carbons (Fsp3) is 0.286. The molecule has 0 unspecified atom stereocenters. The van der Waals surface area contributed by atoms with E-state index in [1.807, 2.05) is 41.3 Å². The summed E-state index contributed by atoms with van der Waals surface area (Å²) in [5.41, 5.74) is 1.69. The molecule has 0 atom stereocenters. The number of benzene rings is 1. The van der Waals surface area contributed by atoms with Gasteiger partial charge in [0.05, 0.1) is 0 Å². The van der Waals surface area contributed by atoms with E-state index < -0.39 is 0 Å². The number of hydrogen-bond acceptors (Lipinski definition) is 3. The molecule has 1 saturated heterocycles. The average Bonchev–Trinajstić information content (AvgIpc) is 2.72. The maximum Gasteiger partial charge on any atom is 0.272 e. The van der Waals surface area contributed by atoms with Gasteiger partial charge in [-0.2, -0.15) is 0 Å². The van der Waals surface area contributed by atoms with Gasteiger partial charge in [-0.1, -0.05) is 48.6 Å². The van der Waals surface area contributed by atoms with E-state index in [9.17, 15) is 9.59 Å². The molecule has 1 fully saturated rings. The van der Waals surface area contributed by atoms with Gasteiger partial charge in [0, 0.05) is 38.8 Å². The minimum absolute atomic E-state index is 0.0690. The Hall–Kier alpha value is -2.95. The standard InChI is InChI=1S/C21H23N3O2/c25-20(12-5-4-10-18-8-2-1-3-9-18)23-14-16-24(17-15-23)21(26)19-11-6-7-13-22-19/h1-9,11,13H,10,12,14-17H2/b5-4+. The highest BCUT2D eigenvalue weighted by atomic mass is 16.2. The summed E-state index contributed by atoms with van der Waals surface area (Å²) in [6, 6.07) is 15.5. The summed E-state index contributed by atoms with van der Waals surface area (Å²) in [5, 5.41) is 0. The number of allylic oxidation sites excluding steroid dienone is 1. The summed E-state index contributed by atoms with van der Waals surface area (Å²) < 4.78 is 0. The van der Waals surface area contributed by atoms with Gasteiger partial charge < -0.3 is 9.80 Å². The number of rotatable bonds is 5. The van der Waals surface area contributed by atoms with Crippen LogP contribution in [0.4, 0.5) is 0 Å². The maximum absolute atomic E-state index is 12.4. The summed E-state index contributed by atoms with van der Waals surface area (Å²) in [6.07, 6.45) is 6.82. The summed E-state index contributed by atoms with van der Waals surface area (Å²) in [5.74, 6) is 0.0414. The highest BCUT2D eigenvalue weighted by molar-refractivity contribution is 5.92. The molecule has 134 valence electrons. The van der Waals surface area contributed by atoms with Gasteiger partial charge in [-0.05, 0) is 24.1 Å². The lowest BCUT2D eigenvalue weighted by Gasteiger charge is -2.34. The van der Waals surface area contributed by atoms with Crippen molar-refractivity contribution in [1.82, 2.24) is 14.8 Å². The molecule has 5 nitrogen and oxygen atoms in total. The van der Waals surface area contributed by atoms with Gasteiger partial charge in [-0.3, -0.25) is 14.6 Å². The minimum atomic E-state index is -0.0690. The van der Waals surface area contributed by atoms with Crippen molar-refractivity contribution in [2.75, 3.05) is 26.2 Å². The summed E-state index contributed by atoms with van der Waals surface area (Å²) in [4.78, 5) is 32.4. The number of carbonyl (C=O) groups is 2. The molecule has 2 heterocycles. The molecule has 0 bridgehead atoms. The fourth-order valence-electron chi connectivity index (χ4n) is 2.96. The first-order valence-electron chi connectivity index (χ1n) is 8.91. The SMILES string of the molecule is O=C(C/C=C/Cc1ccccc1)N1CCN(C(=O)c2ccccn2)CC1.